The molecule has 1 aromatic carbocycles. The third-order valence-electron chi connectivity index (χ3n) is 7.67. The van der Waals surface area contributed by atoms with Gasteiger partial charge in [0, 0.05) is 50.2 Å². The summed E-state index contributed by atoms with van der Waals surface area (Å²) in [5, 5.41) is 13.2. The largest absolute Gasteiger partial charge is 0.505 e. The molecule has 3 atom stereocenters. The molecule has 2 unspecified atom stereocenters. The van der Waals surface area contributed by atoms with Crippen molar-refractivity contribution in [2.45, 2.75) is 50.5 Å². The van der Waals surface area contributed by atoms with Crippen LogP contribution in [0.4, 0.5) is 10.2 Å². The highest BCUT2D eigenvalue weighted by Gasteiger charge is 2.33. The van der Waals surface area contributed by atoms with E-state index in [0.717, 1.165) is 48.3 Å². The standard InChI is InChI=1S/C28H34FN5O2/c1-18-14-19(2)26-25(18)27(32-17-31-26)33-10-12-34(13-11-33)28(36)22(16-30-21-6-4-3-5-7-21)20-8-9-24(35)23(29)15-20/h3-4,8-9,15,17,19,21-22,30,35H,1,5-7,10-14,16H2,2H3/t19?,21?,22-/m1/s1. The van der Waals surface area contributed by atoms with Gasteiger partial charge in [-0.2, -0.15) is 0 Å². The van der Waals surface area contributed by atoms with E-state index in [4.69, 9.17) is 0 Å². The van der Waals surface area contributed by atoms with Crippen LogP contribution in [0.5, 0.6) is 5.75 Å². The lowest BCUT2D eigenvalue weighted by Crippen LogP contribution is -2.51. The molecule has 0 saturated carbocycles. The number of rotatable bonds is 6. The van der Waals surface area contributed by atoms with Gasteiger partial charge in [-0.1, -0.05) is 31.7 Å². The second kappa shape index (κ2) is 10.4. The van der Waals surface area contributed by atoms with Crippen molar-refractivity contribution in [3.8, 4) is 5.75 Å². The first-order valence-corrected chi connectivity index (χ1v) is 12.9. The van der Waals surface area contributed by atoms with Crippen molar-refractivity contribution >= 4 is 17.3 Å². The number of aromatic nitrogens is 2. The number of nitrogens with one attached hydrogen (secondary N) is 1. The van der Waals surface area contributed by atoms with Crippen LogP contribution in [-0.2, 0) is 4.79 Å². The highest BCUT2D eigenvalue weighted by atomic mass is 19.1. The predicted octanol–water partition coefficient (Wildman–Crippen LogP) is 3.97. The Labute approximate surface area is 211 Å². The van der Waals surface area contributed by atoms with Gasteiger partial charge in [-0.15, -0.1) is 0 Å². The van der Waals surface area contributed by atoms with E-state index in [-0.39, 0.29) is 5.91 Å². The van der Waals surface area contributed by atoms with E-state index < -0.39 is 17.5 Å². The van der Waals surface area contributed by atoms with Gasteiger partial charge in [0.15, 0.2) is 11.6 Å². The van der Waals surface area contributed by atoms with E-state index in [1.165, 1.54) is 12.1 Å². The fourth-order valence-corrected chi connectivity index (χ4v) is 5.62. The molecule has 36 heavy (non-hydrogen) atoms. The van der Waals surface area contributed by atoms with Gasteiger partial charge in [0.1, 0.15) is 12.1 Å². The van der Waals surface area contributed by atoms with E-state index in [1.54, 1.807) is 12.4 Å². The Balaban J connectivity index is 1.30. The van der Waals surface area contributed by atoms with Gasteiger partial charge in [-0.25, -0.2) is 14.4 Å². The summed E-state index contributed by atoms with van der Waals surface area (Å²) in [4.78, 5) is 26.9. The van der Waals surface area contributed by atoms with Crippen LogP contribution in [0.15, 0.2) is 43.3 Å². The summed E-state index contributed by atoms with van der Waals surface area (Å²) in [6.07, 6.45) is 9.83. The number of aromatic hydroxyl groups is 1. The van der Waals surface area contributed by atoms with Crippen LogP contribution in [0.3, 0.4) is 0 Å². The summed E-state index contributed by atoms with van der Waals surface area (Å²) in [5.41, 5.74) is 3.77. The van der Waals surface area contributed by atoms with Crippen molar-refractivity contribution in [3.63, 3.8) is 0 Å². The van der Waals surface area contributed by atoms with Crippen molar-refractivity contribution in [2.75, 3.05) is 37.6 Å². The van der Waals surface area contributed by atoms with E-state index in [0.29, 0.717) is 50.2 Å². The number of phenolic OH excluding ortho intramolecular Hbond substituents is 1. The Morgan fingerprint density at radius 2 is 2.06 bits per heavy atom. The zero-order valence-corrected chi connectivity index (χ0v) is 20.8. The average molecular weight is 492 g/mol. The number of fused-ring (bicyclic) bond motifs is 1. The van der Waals surface area contributed by atoms with Gasteiger partial charge in [-0.3, -0.25) is 4.79 Å². The number of benzene rings is 1. The van der Waals surface area contributed by atoms with Gasteiger partial charge in [0.05, 0.1) is 11.6 Å². The molecule has 0 bridgehead atoms. The van der Waals surface area contributed by atoms with E-state index in [1.807, 2.05) is 4.90 Å². The first-order valence-electron chi connectivity index (χ1n) is 12.9. The van der Waals surface area contributed by atoms with Gasteiger partial charge in [-0.05, 0) is 49.0 Å². The fourth-order valence-electron chi connectivity index (χ4n) is 5.62. The number of phenols is 1. The number of hydrogen-bond donors (Lipinski definition) is 2. The van der Waals surface area contributed by atoms with Gasteiger partial charge in [0.25, 0.3) is 0 Å². The smallest absolute Gasteiger partial charge is 0.231 e. The fraction of sp³-hybridized carbons (Fsp3) is 0.464. The Morgan fingerprint density at radius 1 is 1.25 bits per heavy atom. The summed E-state index contributed by atoms with van der Waals surface area (Å²) in [5.74, 6) is -0.410. The van der Waals surface area contributed by atoms with E-state index >= 15 is 0 Å². The Hall–Kier alpha value is -3.26. The number of carbonyl (C=O) groups is 1. The molecule has 2 aliphatic carbocycles. The third-order valence-corrected chi connectivity index (χ3v) is 7.67. The van der Waals surface area contributed by atoms with Crippen LogP contribution < -0.4 is 10.2 Å². The van der Waals surface area contributed by atoms with Crippen LogP contribution in [0, 0.1) is 5.82 Å². The van der Waals surface area contributed by atoms with Crippen LogP contribution in [0.1, 0.15) is 61.3 Å². The topological polar surface area (TPSA) is 81.6 Å². The quantitative estimate of drug-likeness (QED) is 0.595. The van der Waals surface area contributed by atoms with Gasteiger partial charge >= 0.3 is 0 Å². The summed E-state index contributed by atoms with van der Waals surface area (Å²) in [6.45, 7) is 9.27. The molecule has 5 rings (SSSR count). The first kappa shape index (κ1) is 24.4. The number of hydrogen-bond acceptors (Lipinski definition) is 6. The normalized spacial score (nSPS) is 22.6. The number of anilines is 1. The maximum absolute atomic E-state index is 14.2. The zero-order chi connectivity index (χ0) is 25.2. The zero-order valence-electron chi connectivity index (χ0n) is 20.8. The summed E-state index contributed by atoms with van der Waals surface area (Å²) in [6, 6.07) is 4.57. The maximum Gasteiger partial charge on any atom is 0.231 e. The number of amides is 1. The molecule has 7 nitrogen and oxygen atoms in total. The molecular weight excluding hydrogens is 457 g/mol. The molecule has 1 aliphatic heterocycles. The molecule has 8 heteroatoms. The molecular formula is C28H34FN5O2. The minimum absolute atomic E-state index is 0.0236. The number of carbonyl (C=O) groups excluding carboxylic acids is 1. The molecule has 3 aliphatic rings. The van der Waals surface area contributed by atoms with Gasteiger partial charge in [0.2, 0.25) is 5.91 Å². The molecule has 1 amide bonds. The summed E-state index contributed by atoms with van der Waals surface area (Å²) in [7, 11) is 0. The Morgan fingerprint density at radius 3 is 2.78 bits per heavy atom. The first-order chi connectivity index (χ1) is 17.4. The van der Waals surface area contributed by atoms with Crippen molar-refractivity contribution in [1.29, 1.82) is 0 Å². The summed E-state index contributed by atoms with van der Waals surface area (Å²) < 4.78 is 14.2. The predicted molar refractivity (Wildman–Crippen MR) is 138 cm³/mol. The van der Waals surface area contributed by atoms with Crippen LogP contribution in [0.25, 0.3) is 5.57 Å². The lowest BCUT2D eigenvalue weighted by atomic mass is 9.95. The Bertz CT molecular complexity index is 1170. The number of piperazine rings is 1. The van der Waals surface area contributed by atoms with Crippen LogP contribution in [-0.4, -0.2) is 64.6 Å². The summed E-state index contributed by atoms with van der Waals surface area (Å²) >= 11 is 0. The number of halogens is 1. The molecule has 2 heterocycles. The molecule has 0 spiro atoms. The van der Waals surface area contributed by atoms with Crippen LogP contribution in [0.2, 0.25) is 0 Å². The molecule has 2 N–H and O–H groups in total. The monoisotopic (exact) mass is 491 g/mol. The van der Waals surface area contributed by atoms with Crippen molar-refractivity contribution in [3.05, 3.63) is 65.9 Å². The third kappa shape index (κ3) is 4.87. The second-order valence-electron chi connectivity index (χ2n) is 10.1. The highest BCUT2D eigenvalue weighted by molar-refractivity contribution is 5.85. The SMILES string of the molecule is C=C1CC(C)c2ncnc(N3CCN(C(=O)[C@H](CNC4CC=CCC4)c4ccc(O)c(F)c4)CC3)c21. The Kier molecular flexibility index (Phi) is 7.05. The molecule has 1 fully saturated rings. The molecule has 2 aromatic rings. The lowest BCUT2D eigenvalue weighted by Gasteiger charge is -2.38. The van der Waals surface area contributed by atoms with E-state index in [9.17, 15) is 14.3 Å². The minimum Gasteiger partial charge on any atom is -0.505 e. The van der Waals surface area contributed by atoms with Crippen molar-refractivity contribution < 1.29 is 14.3 Å². The highest BCUT2D eigenvalue weighted by Crippen LogP contribution is 2.42. The van der Waals surface area contributed by atoms with Gasteiger partial charge < -0.3 is 20.2 Å². The van der Waals surface area contributed by atoms with E-state index in [2.05, 4.69) is 45.8 Å². The van der Waals surface area contributed by atoms with Crippen molar-refractivity contribution in [1.82, 2.24) is 20.2 Å². The molecule has 1 aromatic heterocycles. The molecule has 190 valence electrons. The average Bonchev–Trinajstić information content (AvgIpc) is 3.20. The number of allylic oxidation sites excluding steroid dienone is 2. The van der Waals surface area contributed by atoms with Crippen LogP contribution >= 0.6 is 0 Å². The molecule has 1 saturated heterocycles. The van der Waals surface area contributed by atoms with Crippen molar-refractivity contribution in [2.24, 2.45) is 0 Å². The second-order valence-corrected chi connectivity index (χ2v) is 10.1. The number of nitrogens with zero attached hydrogens (tertiary/aromatic N) is 4. The maximum atomic E-state index is 14.2. The molecule has 0 radical (unpaired) electrons. The lowest BCUT2D eigenvalue weighted by molar-refractivity contribution is -0.133. The minimum atomic E-state index is -0.706.